The Bertz CT molecular complexity index is 472. The maximum Gasteiger partial charge on any atom is 0.407 e. The molecule has 1 aromatic rings. The van der Waals surface area contributed by atoms with Gasteiger partial charge in [-0.2, -0.15) is 0 Å². The molecule has 0 fully saturated rings. The van der Waals surface area contributed by atoms with Crippen LogP contribution >= 0.6 is 15.9 Å². The number of rotatable bonds is 4. The number of phenols is 1. The fraction of sp³-hybridized carbons (Fsp3) is 0.500. The van der Waals surface area contributed by atoms with Crippen molar-refractivity contribution in [3.05, 3.63) is 28.2 Å². The monoisotopic (exact) mass is 344 g/mol. The Morgan fingerprint density at radius 1 is 1.50 bits per heavy atom. The van der Waals surface area contributed by atoms with E-state index in [0.717, 1.165) is 5.56 Å². The largest absolute Gasteiger partial charge is 0.507 e. The zero-order valence-corrected chi connectivity index (χ0v) is 13.5. The predicted octanol–water partition coefficient (Wildman–Crippen LogP) is 2.55. The van der Waals surface area contributed by atoms with Crippen molar-refractivity contribution >= 4 is 22.0 Å². The molecule has 0 spiro atoms. The van der Waals surface area contributed by atoms with Gasteiger partial charge >= 0.3 is 6.09 Å². The molecule has 0 heterocycles. The number of benzene rings is 1. The Labute approximate surface area is 127 Å². The summed E-state index contributed by atoms with van der Waals surface area (Å²) in [5.74, 6) is 0.179. The van der Waals surface area contributed by atoms with E-state index >= 15 is 0 Å². The SMILES string of the molecule is CC(C)(C)OC(=O)NC(CN)Cc1ccc(O)c(Br)c1. The molecule has 1 amide bonds. The Morgan fingerprint density at radius 2 is 2.15 bits per heavy atom. The highest BCUT2D eigenvalue weighted by Gasteiger charge is 2.19. The highest BCUT2D eigenvalue weighted by Crippen LogP contribution is 2.24. The van der Waals surface area contributed by atoms with Gasteiger partial charge in [-0.25, -0.2) is 4.79 Å². The molecule has 1 rings (SSSR count). The molecule has 1 atom stereocenters. The van der Waals surface area contributed by atoms with Crippen LogP contribution in [0.25, 0.3) is 0 Å². The van der Waals surface area contributed by atoms with Crippen LogP contribution in [0.4, 0.5) is 4.79 Å². The number of carbonyl (C=O) groups excluding carboxylic acids is 1. The molecule has 4 N–H and O–H groups in total. The summed E-state index contributed by atoms with van der Waals surface area (Å²) >= 11 is 3.26. The first-order valence-electron chi connectivity index (χ1n) is 6.38. The van der Waals surface area contributed by atoms with Crippen molar-refractivity contribution in [2.24, 2.45) is 5.73 Å². The van der Waals surface area contributed by atoms with Crippen LogP contribution in [0.3, 0.4) is 0 Å². The van der Waals surface area contributed by atoms with Crippen LogP contribution in [0.1, 0.15) is 26.3 Å². The highest BCUT2D eigenvalue weighted by molar-refractivity contribution is 9.10. The number of ether oxygens (including phenoxy) is 1. The van der Waals surface area contributed by atoms with Crippen LogP contribution in [-0.2, 0) is 11.2 Å². The third-order valence-corrected chi connectivity index (χ3v) is 3.13. The number of amides is 1. The molecule has 0 aliphatic carbocycles. The fourth-order valence-electron chi connectivity index (χ4n) is 1.63. The smallest absolute Gasteiger partial charge is 0.407 e. The molecule has 0 bridgehead atoms. The summed E-state index contributed by atoms with van der Waals surface area (Å²) < 4.78 is 5.81. The van der Waals surface area contributed by atoms with Crippen LogP contribution in [0.15, 0.2) is 22.7 Å². The van der Waals surface area contributed by atoms with E-state index in [-0.39, 0.29) is 11.8 Å². The van der Waals surface area contributed by atoms with Gasteiger partial charge in [-0.05, 0) is 60.8 Å². The molecular formula is C14H21BrN2O3. The number of aromatic hydroxyl groups is 1. The van der Waals surface area contributed by atoms with Gasteiger partial charge in [0.05, 0.1) is 4.47 Å². The summed E-state index contributed by atoms with van der Waals surface area (Å²) in [5.41, 5.74) is 6.09. The van der Waals surface area contributed by atoms with Crippen molar-refractivity contribution < 1.29 is 14.6 Å². The fourth-order valence-corrected chi connectivity index (χ4v) is 2.06. The average Bonchev–Trinajstić information content (AvgIpc) is 2.30. The molecule has 0 radical (unpaired) electrons. The van der Waals surface area contributed by atoms with Crippen molar-refractivity contribution in [1.82, 2.24) is 5.32 Å². The molecule has 112 valence electrons. The zero-order chi connectivity index (χ0) is 15.3. The van der Waals surface area contributed by atoms with Gasteiger partial charge in [0.25, 0.3) is 0 Å². The van der Waals surface area contributed by atoms with Crippen LogP contribution in [0, 0.1) is 0 Å². The second kappa shape index (κ2) is 6.95. The second-order valence-corrected chi connectivity index (χ2v) is 6.42. The molecule has 0 aliphatic heterocycles. The zero-order valence-electron chi connectivity index (χ0n) is 11.9. The van der Waals surface area contributed by atoms with E-state index in [2.05, 4.69) is 21.2 Å². The van der Waals surface area contributed by atoms with Gasteiger partial charge in [-0.3, -0.25) is 0 Å². The lowest BCUT2D eigenvalue weighted by molar-refractivity contribution is 0.0506. The molecule has 1 unspecified atom stereocenters. The van der Waals surface area contributed by atoms with Gasteiger partial charge in [-0.1, -0.05) is 6.07 Å². The number of nitrogens with one attached hydrogen (secondary N) is 1. The van der Waals surface area contributed by atoms with Crippen LogP contribution in [-0.4, -0.2) is 29.4 Å². The Morgan fingerprint density at radius 3 is 2.65 bits per heavy atom. The maximum atomic E-state index is 11.7. The van der Waals surface area contributed by atoms with Gasteiger partial charge in [-0.15, -0.1) is 0 Å². The van der Waals surface area contributed by atoms with Crippen LogP contribution < -0.4 is 11.1 Å². The maximum absolute atomic E-state index is 11.7. The first-order chi connectivity index (χ1) is 9.21. The van der Waals surface area contributed by atoms with Gasteiger partial charge in [0.2, 0.25) is 0 Å². The van der Waals surface area contributed by atoms with E-state index in [4.69, 9.17) is 10.5 Å². The lowest BCUT2D eigenvalue weighted by atomic mass is 10.1. The Balaban J connectivity index is 2.63. The first-order valence-corrected chi connectivity index (χ1v) is 7.17. The third kappa shape index (κ3) is 5.79. The molecular weight excluding hydrogens is 324 g/mol. The summed E-state index contributed by atoms with van der Waals surface area (Å²) in [7, 11) is 0. The summed E-state index contributed by atoms with van der Waals surface area (Å²) in [5, 5.41) is 12.2. The van der Waals surface area contributed by atoms with Crippen LogP contribution in [0.2, 0.25) is 0 Å². The van der Waals surface area contributed by atoms with Gasteiger partial charge in [0.15, 0.2) is 0 Å². The van der Waals surface area contributed by atoms with Crippen molar-refractivity contribution in [2.75, 3.05) is 6.54 Å². The molecule has 0 aliphatic rings. The quantitative estimate of drug-likeness (QED) is 0.783. The lowest BCUT2D eigenvalue weighted by Crippen LogP contribution is -2.44. The summed E-state index contributed by atoms with van der Waals surface area (Å²) in [4.78, 5) is 11.7. The molecule has 0 aromatic heterocycles. The van der Waals surface area contributed by atoms with Gasteiger partial charge < -0.3 is 20.9 Å². The summed E-state index contributed by atoms with van der Waals surface area (Å²) in [6, 6.07) is 4.97. The highest BCUT2D eigenvalue weighted by atomic mass is 79.9. The third-order valence-electron chi connectivity index (χ3n) is 2.50. The van der Waals surface area contributed by atoms with E-state index in [0.29, 0.717) is 17.4 Å². The number of nitrogens with two attached hydrogens (primary N) is 1. The molecule has 5 nitrogen and oxygen atoms in total. The van der Waals surface area contributed by atoms with E-state index < -0.39 is 11.7 Å². The minimum Gasteiger partial charge on any atom is -0.507 e. The van der Waals surface area contributed by atoms with Gasteiger partial charge in [0.1, 0.15) is 11.4 Å². The number of alkyl carbamates (subject to hydrolysis) is 1. The average molecular weight is 345 g/mol. The van der Waals surface area contributed by atoms with Crippen molar-refractivity contribution in [3.63, 3.8) is 0 Å². The molecule has 6 heteroatoms. The Hall–Kier alpha value is -1.27. The van der Waals surface area contributed by atoms with Crippen molar-refractivity contribution in [3.8, 4) is 5.75 Å². The number of hydrogen-bond acceptors (Lipinski definition) is 4. The first kappa shape index (κ1) is 16.8. The molecule has 1 aromatic carbocycles. The molecule has 0 saturated heterocycles. The Kier molecular flexibility index (Phi) is 5.83. The normalized spacial score (nSPS) is 12.8. The lowest BCUT2D eigenvalue weighted by Gasteiger charge is -2.23. The van der Waals surface area contributed by atoms with E-state index in [1.54, 1.807) is 39.0 Å². The second-order valence-electron chi connectivity index (χ2n) is 5.57. The topological polar surface area (TPSA) is 84.6 Å². The minimum atomic E-state index is -0.537. The van der Waals surface area contributed by atoms with E-state index in [1.807, 2.05) is 0 Å². The number of hydrogen-bond donors (Lipinski definition) is 3. The standard InChI is InChI=1S/C14H21BrN2O3/c1-14(2,3)20-13(19)17-10(8-16)6-9-4-5-12(18)11(15)7-9/h4-5,7,10,18H,6,8,16H2,1-3H3,(H,17,19). The molecule has 0 saturated carbocycles. The summed E-state index contributed by atoms with van der Waals surface area (Å²) in [6.07, 6.45) is 0.0834. The van der Waals surface area contributed by atoms with Gasteiger partial charge in [0, 0.05) is 12.6 Å². The van der Waals surface area contributed by atoms with Crippen molar-refractivity contribution in [1.29, 1.82) is 0 Å². The van der Waals surface area contributed by atoms with Crippen LogP contribution in [0.5, 0.6) is 5.75 Å². The number of halogens is 1. The number of carbonyl (C=O) groups is 1. The molecule has 20 heavy (non-hydrogen) atoms. The summed E-state index contributed by atoms with van der Waals surface area (Å²) in [6.45, 7) is 5.72. The van der Waals surface area contributed by atoms with E-state index in [1.165, 1.54) is 0 Å². The minimum absolute atomic E-state index is 0.179. The van der Waals surface area contributed by atoms with Crippen molar-refractivity contribution in [2.45, 2.75) is 38.8 Å². The number of phenolic OH excluding ortho intramolecular Hbond substituents is 1. The van der Waals surface area contributed by atoms with E-state index in [9.17, 15) is 9.90 Å². The predicted molar refractivity (Wildman–Crippen MR) is 81.7 cm³/mol.